The van der Waals surface area contributed by atoms with Gasteiger partial charge in [0.05, 0.1) is 6.54 Å². The van der Waals surface area contributed by atoms with E-state index in [1.807, 2.05) is 5.32 Å². The molecule has 0 radical (unpaired) electrons. The van der Waals surface area contributed by atoms with Gasteiger partial charge < -0.3 is 20.5 Å². The Balaban J connectivity index is 3.70. The summed E-state index contributed by atoms with van der Waals surface area (Å²) in [5, 5.41) is 14.7. The molecule has 102 valence electrons. The average molecular weight is 261 g/mol. The molecule has 0 saturated heterocycles. The van der Waals surface area contributed by atoms with Gasteiger partial charge in [-0.15, -0.1) is 0 Å². The quantitative estimate of drug-likeness (QED) is 0.421. The van der Waals surface area contributed by atoms with Crippen LogP contribution in [0.25, 0.3) is 0 Å². The van der Waals surface area contributed by atoms with Gasteiger partial charge in [0, 0.05) is 6.54 Å². The van der Waals surface area contributed by atoms with Crippen LogP contribution in [-0.4, -0.2) is 55.2 Å². The van der Waals surface area contributed by atoms with Crippen molar-refractivity contribution in [2.24, 2.45) is 0 Å². The van der Waals surface area contributed by atoms with E-state index in [-0.39, 0.29) is 12.5 Å². The number of carboxylic acids is 1. The maximum absolute atomic E-state index is 11.1. The number of aliphatic carboxylic acids is 1. The highest BCUT2D eigenvalue weighted by molar-refractivity contribution is 5.96. The summed E-state index contributed by atoms with van der Waals surface area (Å²) in [4.78, 5) is 43.1. The number of imide groups is 1. The molecule has 0 aliphatic rings. The summed E-state index contributed by atoms with van der Waals surface area (Å²) >= 11 is 0. The zero-order valence-electron chi connectivity index (χ0n) is 9.82. The van der Waals surface area contributed by atoms with Crippen molar-refractivity contribution in [3.05, 3.63) is 0 Å². The van der Waals surface area contributed by atoms with Gasteiger partial charge in [0.15, 0.2) is 0 Å². The van der Waals surface area contributed by atoms with Gasteiger partial charge in [-0.3, -0.25) is 14.9 Å². The number of carbonyl (C=O) groups excluding carboxylic acids is 3. The van der Waals surface area contributed by atoms with E-state index in [1.165, 1.54) is 0 Å². The van der Waals surface area contributed by atoms with E-state index in [0.717, 1.165) is 0 Å². The third-order valence-electron chi connectivity index (χ3n) is 1.50. The number of nitrogens with one attached hydrogen (secondary N) is 3. The van der Waals surface area contributed by atoms with E-state index in [2.05, 4.69) is 15.4 Å². The summed E-state index contributed by atoms with van der Waals surface area (Å²) in [6.45, 7) is 0.711. The lowest BCUT2D eigenvalue weighted by Gasteiger charge is -2.06. The van der Waals surface area contributed by atoms with Crippen LogP contribution in [0.2, 0.25) is 0 Å². The van der Waals surface area contributed by atoms with Crippen LogP contribution in [0.3, 0.4) is 0 Å². The number of amides is 4. The first-order chi connectivity index (χ1) is 8.45. The summed E-state index contributed by atoms with van der Waals surface area (Å²) in [6.07, 6.45) is 0. The van der Waals surface area contributed by atoms with Gasteiger partial charge >= 0.3 is 12.0 Å². The summed E-state index contributed by atoms with van der Waals surface area (Å²) in [5.74, 6) is -2.41. The molecule has 0 spiro atoms. The van der Waals surface area contributed by atoms with Crippen molar-refractivity contribution in [2.75, 3.05) is 26.3 Å². The van der Waals surface area contributed by atoms with Gasteiger partial charge in [-0.2, -0.15) is 0 Å². The first kappa shape index (κ1) is 15.8. The lowest BCUT2D eigenvalue weighted by molar-refractivity contribution is -0.143. The molecular weight excluding hydrogens is 246 g/mol. The number of likely N-dealkylation sites (N-methyl/N-ethyl adjacent to an activating group) is 1. The lowest BCUT2D eigenvalue weighted by Crippen LogP contribution is -2.45. The second-order valence-electron chi connectivity index (χ2n) is 3.07. The van der Waals surface area contributed by atoms with Crippen LogP contribution in [0.1, 0.15) is 6.92 Å². The molecule has 0 saturated carbocycles. The number of hydrogen-bond acceptors (Lipinski definition) is 5. The fraction of sp³-hybridized carbons (Fsp3) is 0.556. The van der Waals surface area contributed by atoms with E-state index in [9.17, 15) is 19.2 Å². The van der Waals surface area contributed by atoms with E-state index in [4.69, 9.17) is 5.11 Å². The number of carboxylic acid groups (broad SMARTS) is 1. The van der Waals surface area contributed by atoms with Crippen molar-refractivity contribution < 1.29 is 29.0 Å². The van der Waals surface area contributed by atoms with Crippen LogP contribution in [0.15, 0.2) is 0 Å². The summed E-state index contributed by atoms with van der Waals surface area (Å²) in [7, 11) is 0. The molecule has 0 aliphatic carbocycles. The molecule has 0 fully saturated rings. The zero-order valence-corrected chi connectivity index (χ0v) is 9.82. The van der Waals surface area contributed by atoms with Gasteiger partial charge in [0.1, 0.15) is 13.2 Å². The van der Waals surface area contributed by atoms with Gasteiger partial charge in [0.2, 0.25) is 5.91 Å². The van der Waals surface area contributed by atoms with Crippen molar-refractivity contribution in [2.45, 2.75) is 6.92 Å². The number of carbonyl (C=O) groups is 4. The van der Waals surface area contributed by atoms with E-state index < -0.39 is 31.1 Å². The molecule has 0 unspecified atom stereocenters. The summed E-state index contributed by atoms with van der Waals surface area (Å²) < 4.78 is 4.45. The predicted octanol–water partition coefficient (Wildman–Crippen LogP) is -1.95. The molecule has 9 heteroatoms. The Kier molecular flexibility index (Phi) is 7.86. The Hall–Kier alpha value is -2.16. The van der Waals surface area contributed by atoms with Crippen LogP contribution in [0.4, 0.5) is 4.79 Å². The molecular formula is C9H15N3O6. The zero-order chi connectivity index (χ0) is 14.0. The molecule has 0 aromatic carbocycles. The Labute approximate surface area is 103 Å². The van der Waals surface area contributed by atoms with Crippen molar-refractivity contribution in [3.63, 3.8) is 0 Å². The number of ether oxygens (including phenoxy) is 1. The number of urea groups is 1. The SMILES string of the molecule is CCNC(=O)CNC(=O)NC(=O)COCC(=O)O. The summed E-state index contributed by atoms with van der Waals surface area (Å²) in [6, 6.07) is -0.856. The van der Waals surface area contributed by atoms with Crippen molar-refractivity contribution in [1.82, 2.24) is 16.0 Å². The van der Waals surface area contributed by atoms with E-state index >= 15 is 0 Å². The smallest absolute Gasteiger partial charge is 0.329 e. The third-order valence-corrected chi connectivity index (χ3v) is 1.50. The topological polar surface area (TPSA) is 134 Å². The third kappa shape index (κ3) is 9.09. The standard InChI is InChI=1S/C9H15N3O6/c1-2-10-6(13)3-11-9(17)12-7(14)4-18-5-8(15)16/h2-5H2,1H3,(H,10,13)(H,15,16)(H2,11,12,14,17). The molecule has 0 bridgehead atoms. The second-order valence-corrected chi connectivity index (χ2v) is 3.07. The lowest BCUT2D eigenvalue weighted by atomic mass is 10.5. The Bertz CT molecular complexity index is 330. The monoisotopic (exact) mass is 261 g/mol. The van der Waals surface area contributed by atoms with Gasteiger partial charge in [-0.05, 0) is 6.92 Å². The minimum Gasteiger partial charge on any atom is -0.480 e. The molecule has 9 nitrogen and oxygen atoms in total. The van der Waals surface area contributed by atoms with Crippen LogP contribution < -0.4 is 16.0 Å². The maximum Gasteiger partial charge on any atom is 0.329 e. The molecule has 0 atom stereocenters. The molecule has 0 heterocycles. The minimum absolute atomic E-state index is 0.261. The van der Waals surface area contributed by atoms with Gasteiger partial charge in [-0.1, -0.05) is 0 Å². The van der Waals surface area contributed by atoms with Crippen molar-refractivity contribution >= 4 is 23.8 Å². The Morgan fingerprint density at radius 3 is 2.28 bits per heavy atom. The average Bonchev–Trinajstić information content (AvgIpc) is 2.26. The molecule has 0 rings (SSSR count). The molecule has 0 aliphatic heterocycles. The predicted molar refractivity (Wildman–Crippen MR) is 58.7 cm³/mol. The Morgan fingerprint density at radius 1 is 1.06 bits per heavy atom. The first-order valence-electron chi connectivity index (χ1n) is 5.09. The van der Waals surface area contributed by atoms with Crippen LogP contribution in [-0.2, 0) is 19.1 Å². The largest absolute Gasteiger partial charge is 0.480 e. The molecule has 4 N–H and O–H groups in total. The van der Waals surface area contributed by atoms with Crippen molar-refractivity contribution in [3.8, 4) is 0 Å². The highest BCUT2D eigenvalue weighted by atomic mass is 16.5. The molecule has 4 amide bonds. The van der Waals surface area contributed by atoms with Crippen molar-refractivity contribution in [1.29, 1.82) is 0 Å². The van der Waals surface area contributed by atoms with Crippen LogP contribution >= 0.6 is 0 Å². The van der Waals surface area contributed by atoms with Gasteiger partial charge in [0.25, 0.3) is 5.91 Å². The Morgan fingerprint density at radius 2 is 1.72 bits per heavy atom. The fourth-order valence-electron chi connectivity index (χ4n) is 0.858. The second kappa shape index (κ2) is 8.93. The highest BCUT2D eigenvalue weighted by Crippen LogP contribution is 1.76. The molecule has 18 heavy (non-hydrogen) atoms. The minimum atomic E-state index is -1.22. The van der Waals surface area contributed by atoms with E-state index in [1.54, 1.807) is 6.92 Å². The maximum atomic E-state index is 11.1. The molecule has 0 aromatic heterocycles. The number of hydrogen-bond donors (Lipinski definition) is 4. The molecule has 0 aromatic rings. The van der Waals surface area contributed by atoms with Gasteiger partial charge in [-0.25, -0.2) is 9.59 Å². The number of rotatable bonds is 7. The normalized spacial score (nSPS) is 9.39. The van der Waals surface area contributed by atoms with Crippen LogP contribution in [0.5, 0.6) is 0 Å². The summed E-state index contributed by atoms with van der Waals surface area (Å²) in [5.41, 5.74) is 0. The highest BCUT2D eigenvalue weighted by Gasteiger charge is 2.09. The van der Waals surface area contributed by atoms with E-state index in [0.29, 0.717) is 6.54 Å². The fourth-order valence-corrected chi connectivity index (χ4v) is 0.858. The van der Waals surface area contributed by atoms with Crippen LogP contribution in [0, 0.1) is 0 Å². The first-order valence-corrected chi connectivity index (χ1v) is 5.09.